The topological polar surface area (TPSA) is 99.0 Å². The molecule has 8 heteroatoms. The van der Waals surface area contributed by atoms with Gasteiger partial charge >= 0.3 is 6.09 Å². The van der Waals surface area contributed by atoms with Crippen LogP contribution in [0.3, 0.4) is 0 Å². The van der Waals surface area contributed by atoms with E-state index in [1.165, 1.54) is 0 Å². The molecule has 1 aliphatic carbocycles. The number of nitrogens with one attached hydrogen (secondary N) is 1. The third kappa shape index (κ3) is 4.67. The summed E-state index contributed by atoms with van der Waals surface area (Å²) in [4.78, 5) is 12.2. The van der Waals surface area contributed by atoms with Crippen LogP contribution < -0.4 is 5.32 Å². The van der Waals surface area contributed by atoms with Gasteiger partial charge in [-0.1, -0.05) is 48.5 Å². The van der Waals surface area contributed by atoms with E-state index < -0.39 is 35.7 Å². The van der Waals surface area contributed by atoms with Gasteiger partial charge in [-0.05, 0) is 34.7 Å². The number of phenolic OH excluding ortho intramolecular Hbond substituents is 1. The van der Waals surface area contributed by atoms with Gasteiger partial charge in [0.2, 0.25) is 0 Å². The number of aliphatic hydroxyl groups is 2. The van der Waals surface area contributed by atoms with Gasteiger partial charge < -0.3 is 25.4 Å². The molecule has 0 saturated carbocycles. The number of carbonyl (C=O) groups excluding carboxylic acids is 1. The fourth-order valence-electron chi connectivity index (χ4n) is 4.13. The lowest BCUT2D eigenvalue weighted by molar-refractivity contribution is 0.0121. The van der Waals surface area contributed by atoms with Crippen LogP contribution in [0.1, 0.15) is 35.1 Å². The zero-order chi connectivity index (χ0) is 23.5. The Balaban J connectivity index is 1.30. The molecule has 1 aliphatic rings. The Morgan fingerprint density at radius 2 is 1.55 bits per heavy atom. The molecule has 0 spiro atoms. The molecule has 4 rings (SSSR count). The van der Waals surface area contributed by atoms with Gasteiger partial charge in [-0.25, -0.2) is 13.6 Å². The minimum atomic E-state index is -1.66. The molecular weight excluding hydrogens is 432 g/mol. The second-order valence-electron chi connectivity index (χ2n) is 7.88. The van der Waals surface area contributed by atoms with Crippen molar-refractivity contribution in [2.45, 2.75) is 24.5 Å². The number of benzene rings is 3. The van der Waals surface area contributed by atoms with Gasteiger partial charge in [0.1, 0.15) is 18.5 Å². The van der Waals surface area contributed by atoms with E-state index in [1.54, 1.807) is 0 Å². The molecule has 2 atom stereocenters. The summed E-state index contributed by atoms with van der Waals surface area (Å²) in [6, 6.07) is 17.0. The molecule has 4 N–H and O–H groups in total. The maximum atomic E-state index is 13.4. The van der Waals surface area contributed by atoms with Crippen LogP contribution in [0.25, 0.3) is 11.1 Å². The Morgan fingerprint density at radius 1 is 0.970 bits per heavy atom. The quantitative estimate of drug-likeness (QED) is 0.432. The zero-order valence-electron chi connectivity index (χ0n) is 17.5. The Kier molecular flexibility index (Phi) is 6.57. The van der Waals surface area contributed by atoms with E-state index in [-0.39, 0.29) is 31.1 Å². The molecule has 33 heavy (non-hydrogen) atoms. The van der Waals surface area contributed by atoms with E-state index in [2.05, 4.69) is 5.32 Å². The highest BCUT2D eigenvalue weighted by Crippen LogP contribution is 2.44. The standard InChI is InChI=1S/C25H23F2NO5/c26-20-11-18(23(30)12-21(20)27)24(31)22(29)9-10-28-25(32)33-13-19-16-7-3-1-5-14(16)15-6-2-4-8-17(15)19/h1-8,11-12,19,22,24,29-31H,9-10,13H2,(H,28,32). The molecule has 3 aromatic carbocycles. The molecular formula is C25H23F2NO5. The highest BCUT2D eigenvalue weighted by atomic mass is 19.2. The number of rotatable bonds is 7. The molecule has 0 bridgehead atoms. The van der Waals surface area contributed by atoms with Crippen LogP contribution in [-0.2, 0) is 4.74 Å². The summed E-state index contributed by atoms with van der Waals surface area (Å²) < 4.78 is 31.9. The Bertz CT molecular complexity index is 1120. The van der Waals surface area contributed by atoms with Gasteiger partial charge in [-0.2, -0.15) is 0 Å². The Labute approximate surface area is 189 Å². The first-order valence-corrected chi connectivity index (χ1v) is 10.5. The minimum absolute atomic E-state index is 0.0423. The van der Waals surface area contributed by atoms with Crippen LogP contribution in [0, 0.1) is 11.6 Å². The van der Waals surface area contributed by atoms with Crippen LogP contribution >= 0.6 is 0 Å². The van der Waals surface area contributed by atoms with Crippen molar-refractivity contribution in [3.63, 3.8) is 0 Å². The van der Waals surface area contributed by atoms with Crippen molar-refractivity contribution in [2.75, 3.05) is 13.2 Å². The van der Waals surface area contributed by atoms with Crippen molar-refractivity contribution in [3.05, 3.63) is 89.0 Å². The largest absolute Gasteiger partial charge is 0.507 e. The number of ether oxygens (including phenoxy) is 1. The molecule has 0 saturated heterocycles. The van der Waals surface area contributed by atoms with Crippen LogP contribution in [0.4, 0.5) is 13.6 Å². The molecule has 0 fully saturated rings. The monoisotopic (exact) mass is 455 g/mol. The number of aliphatic hydroxyl groups excluding tert-OH is 2. The third-order valence-electron chi connectivity index (χ3n) is 5.81. The van der Waals surface area contributed by atoms with E-state index in [1.807, 2.05) is 48.5 Å². The summed E-state index contributed by atoms with van der Waals surface area (Å²) in [6.45, 7) is 0.0904. The van der Waals surface area contributed by atoms with E-state index >= 15 is 0 Å². The molecule has 0 aromatic heterocycles. The molecule has 2 unspecified atom stereocenters. The molecule has 0 aliphatic heterocycles. The number of hydrogen-bond acceptors (Lipinski definition) is 5. The second kappa shape index (κ2) is 9.56. The predicted octanol–water partition coefficient (Wildman–Crippen LogP) is 3.99. The van der Waals surface area contributed by atoms with Gasteiger partial charge in [0.25, 0.3) is 0 Å². The lowest BCUT2D eigenvalue weighted by Gasteiger charge is -2.19. The van der Waals surface area contributed by atoms with Crippen molar-refractivity contribution in [3.8, 4) is 16.9 Å². The smallest absolute Gasteiger partial charge is 0.407 e. The zero-order valence-corrected chi connectivity index (χ0v) is 17.5. The van der Waals surface area contributed by atoms with Gasteiger partial charge in [-0.3, -0.25) is 0 Å². The van der Waals surface area contributed by atoms with Crippen molar-refractivity contribution in [1.82, 2.24) is 5.32 Å². The van der Waals surface area contributed by atoms with Gasteiger partial charge in [0, 0.05) is 24.1 Å². The van der Waals surface area contributed by atoms with Gasteiger partial charge in [0.05, 0.1) is 6.10 Å². The normalized spacial score (nSPS) is 14.3. The van der Waals surface area contributed by atoms with Crippen molar-refractivity contribution >= 4 is 6.09 Å². The number of amides is 1. The molecule has 6 nitrogen and oxygen atoms in total. The fourth-order valence-corrected chi connectivity index (χ4v) is 4.13. The van der Waals surface area contributed by atoms with Crippen molar-refractivity contribution in [2.24, 2.45) is 0 Å². The Morgan fingerprint density at radius 3 is 2.18 bits per heavy atom. The van der Waals surface area contributed by atoms with Crippen LogP contribution in [0.5, 0.6) is 5.75 Å². The maximum absolute atomic E-state index is 13.4. The highest BCUT2D eigenvalue weighted by molar-refractivity contribution is 5.79. The number of phenols is 1. The average Bonchev–Trinajstić information content (AvgIpc) is 3.13. The number of halogens is 2. The summed E-state index contributed by atoms with van der Waals surface area (Å²) in [5.74, 6) is -3.29. The number of fused-ring (bicyclic) bond motifs is 3. The first kappa shape index (κ1) is 22.7. The Hall–Kier alpha value is -3.49. The number of carbonyl (C=O) groups is 1. The maximum Gasteiger partial charge on any atom is 0.407 e. The summed E-state index contributed by atoms with van der Waals surface area (Å²) in [7, 11) is 0. The number of alkyl carbamates (subject to hydrolysis) is 1. The molecule has 172 valence electrons. The van der Waals surface area contributed by atoms with Crippen molar-refractivity contribution < 1.29 is 33.6 Å². The van der Waals surface area contributed by atoms with Crippen molar-refractivity contribution in [1.29, 1.82) is 0 Å². The van der Waals surface area contributed by atoms with Crippen LogP contribution in [-0.4, -0.2) is 40.7 Å². The van der Waals surface area contributed by atoms with Gasteiger partial charge in [-0.15, -0.1) is 0 Å². The second-order valence-corrected chi connectivity index (χ2v) is 7.88. The summed E-state index contributed by atoms with van der Waals surface area (Å²) >= 11 is 0. The number of aromatic hydroxyl groups is 1. The lowest BCUT2D eigenvalue weighted by atomic mass is 9.98. The minimum Gasteiger partial charge on any atom is -0.507 e. The van der Waals surface area contributed by atoms with Crippen LogP contribution in [0.15, 0.2) is 60.7 Å². The fraction of sp³-hybridized carbons (Fsp3) is 0.240. The van der Waals surface area contributed by atoms with E-state index in [9.17, 15) is 28.9 Å². The first-order chi connectivity index (χ1) is 15.9. The third-order valence-corrected chi connectivity index (χ3v) is 5.81. The molecule has 0 radical (unpaired) electrons. The van der Waals surface area contributed by atoms with E-state index in [0.29, 0.717) is 12.1 Å². The summed E-state index contributed by atoms with van der Waals surface area (Å²) in [5.41, 5.74) is 4.04. The number of hydrogen-bond donors (Lipinski definition) is 4. The summed E-state index contributed by atoms with van der Waals surface area (Å²) in [6.07, 6.45) is -3.89. The predicted molar refractivity (Wildman–Crippen MR) is 117 cm³/mol. The van der Waals surface area contributed by atoms with E-state index in [4.69, 9.17) is 4.74 Å². The van der Waals surface area contributed by atoms with E-state index in [0.717, 1.165) is 22.3 Å². The first-order valence-electron chi connectivity index (χ1n) is 10.5. The lowest BCUT2D eigenvalue weighted by Crippen LogP contribution is -2.30. The molecule has 0 heterocycles. The van der Waals surface area contributed by atoms with Crippen LogP contribution in [0.2, 0.25) is 0 Å². The molecule has 3 aromatic rings. The SMILES string of the molecule is O=C(NCCC(O)C(O)c1cc(F)c(F)cc1O)OCC1c2ccccc2-c2ccccc21. The average molecular weight is 455 g/mol. The highest BCUT2D eigenvalue weighted by Gasteiger charge is 2.29. The summed E-state index contributed by atoms with van der Waals surface area (Å²) in [5, 5.41) is 32.5. The van der Waals surface area contributed by atoms with Gasteiger partial charge in [0.15, 0.2) is 11.6 Å². The molecule has 1 amide bonds.